The molecule has 0 saturated heterocycles. The number of nitrogens with two attached hydrogens (primary N) is 2. The molecule has 37 heavy (non-hydrogen) atoms. The van der Waals surface area contributed by atoms with E-state index in [0.29, 0.717) is 0 Å². The maximum absolute atomic E-state index is 13.1. The summed E-state index contributed by atoms with van der Waals surface area (Å²) < 4.78 is 16.3. The standard InChI is InChI=1S/C28H48N2O7/c1-27(2,3)36-23(31)19(17-13-9-7-10-14-17)21(29)25(33)35-26(34)22(30)20(18-15-11-8-12-16-18)24(32)37-28(4,5)6/h17-22H,7-16,29-30H2,1-6H3/t19?,20?,21-,22+. The topological polar surface area (TPSA) is 148 Å². The van der Waals surface area contributed by atoms with E-state index in [9.17, 15) is 19.2 Å². The van der Waals surface area contributed by atoms with Gasteiger partial charge >= 0.3 is 23.9 Å². The molecule has 0 heterocycles. The van der Waals surface area contributed by atoms with Crippen LogP contribution in [-0.2, 0) is 33.4 Å². The first-order valence-corrected chi connectivity index (χ1v) is 13.8. The van der Waals surface area contributed by atoms with E-state index < -0.39 is 59.0 Å². The average Bonchev–Trinajstić information content (AvgIpc) is 2.78. The summed E-state index contributed by atoms with van der Waals surface area (Å²) in [6.45, 7) is 10.5. The monoisotopic (exact) mass is 524 g/mol. The summed E-state index contributed by atoms with van der Waals surface area (Å²) in [6.07, 6.45) is 8.75. The van der Waals surface area contributed by atoms with Gasteiger partial charge in [0.15, 0.2) is 0 Å². The molecule has 4 N–H and O–H groups in total. The molecule has 0 amide bonds. The highest BCUT2D eigenvalue weighted by Crippen LogP contribution is 2.35. The molecule has 0 aromatic rings. The van der Waals surface area contributed by atoms with Crippen molar-refractivity contribution >= 4 is 23.9 Å². The van der Waals surface area contributed by atoms with E-state index in [1.165, 1.54) is 0 Å². The summed E-state index contributed by atoms with van der Waals surface area (Å²) in [4.78, 5) is 52.3. The molecule has 2 saturated carbocycles. The third kappa shape index (κ3) is 9.67. The van der Waals surface area contributed by atoms with Crippen LogP contribution >= 0.6 is 0 Å². The maximum atomic E-state index is 13.1. The minimum Gasteiger partial charge on any atom is -0.460 e. The van der Waals surface area contributed by atoms with Crippen molar-refractivity contribution in [2.24, 2.45) is 35.1 Å². The predicted molar refractivity (Wildman–Crippen MR) is 139 cm³/mol. The molecule has 2 rings (SSSR count). The van der Waals surface area contributed by atoms with E-state index in [0.717, 1.165) is 64.2 Å². The van der Waals surface area contributed by atoms with Crippen molar-refractivity contribution in [3.05, 3.63) is 0 Å². The summed E-state index contributed by atoms with van der Waals surface area (Å²) in [5, 5.41) is 0. The van der Waals surface area contributed by atoms with Crippen molar-refractivity contribution in [2.45, 2.75) is 129 Å². The number of hydrogen-bond acceptors (Lipinski definition) is 9. The van der Waals surface area contributed by atoms with Crippen LogP contribution in [0.3, 0.4) is 0 Å². The van der Waals surface area contributed by atoms with Gasteiger partial charge in [0.2, 0.25) is 0 Å². The van der Waals surface area contributed by atoms with Crippen molar-refractivity contribution in [1.29, 1.82) is 0 Å². The zero-order chi connectivity index (χ0) is 28.0. The maximum Gasteiger partial charge on any atom is 0.331 e. The van der Waals surface area contributed by atoms with Crippen molar-refractivity contribution in [2.75, 3.05) is 0 Å². The van der Waals surface area contributed by atoms with Crippen molar-refractivity contribution < 1.29 is 33.4 Å². The van der Waals surface area contributed by atoms with Crippen LogP contribution < -0.4 is 11.5 Å². The summed E-state index contributed by atoms with van der Waals surface area (Å²) in [5.74, 6) is -5.38. The molecule has 9 heteroatoms. The third-order valence-electron chi connectivity index (χ3n) is 7.19. The molecular formula is C28H48N2O7. The van der Waals surface area contributed by atoms with Gasteiger partial charge in [0.25, 0.3) is 0 Å². The highest BCUT2D eigenvalue weighted by molar-refractivity contribution is 5.95. The zero-order valence-electron chi connectivity index (χ0n) is 23.5. The summed E-state index contributed by atoms with van der Waals surface area (Å²) in [5.41, 5.74) is 11.0. The molecule has 0 aromatic heterocycles. The molecule has 2 aliphatic carbocycles. The lowest BCUT2D eigenvalue weighted by atomic mass is 9.76. The van der Waals surface area contributed by atoms with Gasteiger partial charge in [0, 0.05) is 0 Å². The van der Waals surface area contributed by atoms with Crippen molar-refractivity contribution in [1.82, 2.24) is 0 Å². The second-order valence-electron chi connectivity index (χ2n) is 12.7. The normalized spacial score (nSPS) is 21.3. The highest BCUT2D eigenvalue weighted by Gasteiger charge is 2.45. The largest absolute Gasteiger partial charge is 0.460 e. The summed E-state index contributed by atoms with van der Waals surface area (Å²) >= 11 is 0. The first-order chi connectivity index (χ1) is 17.1. The Kier molecular flexibility index (Phi) is 11.1. The SMILES string of the molecule is CC(C)(C)OC(=O)C(C1CCCCC1)[C@H](N)C(=O)OC(=O)[C@H](N)C(C(=O)OC(C)(C)C)C1CCCCC1. The second kappa shape index (κ2) is 13.2. The van der Waals surface area contributed by atoms with Crippen LogP contribution in [0.4, 0.5) is 0 Å². The molecular weight excluding hydrogens is 476 g/mol. The Hall–Kier alpha value is -2.00. The minimum atomic E-state index is -1.39. The van der Waals surface area contributed by atoms with E-state index in [1.54, 1.807) is 41.5 Å². The van der Waals surface area contributed by atoms with E-state index in [-0.39, 0.29) is 11.8 Å². The Bertz CT molecular complexity index is 736. The van der Waals surface area contributed by atoms with Crippen molar-refractivity contribution in [3.8, 4) is 0 Å². The molecule has 0 aromatic carbocycles. The molecule has 0 bridgehead atoms. The molecule has 4 atom stereocenters. The average molecular weight is 525 g/mol. The Balaban J connectivity index is 2.19. The number of carbonyl (C=O) groups is 4. The lowest BCUT2D eigenvalue weighted by Crippen LogP contribution is -2.52. The number of carbonyl (C=O) groups excluding carboxylic acids is 4. The van der Waals surface area contributed by atoms with Crippen LogP contribution in [0.2, 0.25) is 0 Å². The Labute approximate surface area is 221 Å². The molecule has 9 nitrogen and oxygen atoms in total. The van der Waals surface area contributed by atoms with Gasteiger partial charge in [-0.25, -0.2) is 9.59 Å². The van der Waals surface area contributed by atoms with E-state index in [2.05, 4.69) is 0 Å². The number of ether oxygens (including phenoxy) is 3. The molecule has 2 aliphatic rings. The summed E-state index contributed by atoms with van der Waals surface area (Å²) in [6, 6.07) is -2.77. The molecule has 212 valence electrons. The smallest absolute Gasteiger partial charge is 0.331 e. The number of esters is 4. The first-order valence-electron chi connectivity index (χ1n) is 13.8. The van der Waals surface area contributed by atoms with E-state index >= 15 is 0 Å². The van der Waals surface area contributed by atoms with Crippen LogP contribution in [0.1, 0.15) is 106 Å². The number of hydrogen-bond donors (Lipinski definition) is 2. The lowest BCUT2D eigenvalue weighted by molar-refractivity contribution is -0.175. The quantitative estimate of drug-likeness (QED) is 0.275. The van der Waals surface area contributed by atoms with Crippen LogP contribution in [-0.4, -0.2) is 47.2 Å². The fourth-order valence-electron chi connectivity index (χ4n) is 5.52. The fourth-order valence-corrected chi connectivity index (χ4v) is 5.52. The van der Waals surface area contributed by atoms with Crippen molar-refractivity contribution in [3.63, 3.8) is 0 Å². The van der Waals surface area contributed by atoms with Crippen LogP contribution in [0.5, 0.6) is 0 Å². The Morgan fingerprint density at radius 3 is 1.14 bits per heavy atom. The lowest BCUT2D eigenvalue weighted by Gasteiger charge is -2.34. The second-order valence-corrected chi connectivity index (χ2v) is 12.7. The van der Waals surface area contributed by atoms with Gasteiger partial charge in [-0.05, 0) is 79.1 Å². The molecule has 2 unspecified atom stereocenters. The molecule has 0 radical (unpaired) electrons. The minimum absolute atomic E-state index is 0.147. The van der Waals surface area contributed by atoms with Gasteiger partial charge in [-0.3, -0.25) is 9.59 Å². The van der Waals surface area contributed by atoms with Gasteiger partial charge in [-0.15, -0.1) is 0 Å². The number of rotatable bonds is 8. The zero-order valence-corrected chi connectivity index (χ0v) is 23.5. The predicted octanol–water partition coefficient (Wildman–Crippen LogP) is 3.79. The van der Waals surface area contributed by atoms with Gasteiger partial charge in [0.05, 0.1) is 11.8 Å². The summed E-state index contributed by atoms with van der Waals surface area (Å²) in [7, 11) is 0. The molecule has 0 spiro atoms. The van der Waals surface area contributed by atoms with E-state index in [1.807, 2.05) is 0 Å². The van der Waals surface area contributed by atoms with Gasteiger partial charge in [-0.2, -0.15) is 0 Å². The highest BCUT2D eigenvalue weighted by atomic mass is 16.6. The van der Waals surface area contributed by atoms with Gasteiger partial charge in [0.1, 0.15) is 23.3 Å². The third-order valence-corrected chi connectivity index (χ3v) is 7.19. The molecule has 2 fully saturated rings. The van der Waals surface area contributed by atoms with E-state index in [4.69, 9.17) is 25.7 Å². The Morgan fingerprint density at radius 1 is 0.568 bits per heavy atom. The Morgan fingerprint density at radius 2 is 0.865 bits per heavy atom. The van der Waals surface area contributed by atoms with Crippen LogP contribution in [0, 0.1) is 23.7 Å². The van der Waals surface area contributed by atoms with Gasteiger partial charge in [-0.1, -0.05) is 38.5 Å². The van der Waals surface area contributed by atoms with Crippen LogP contribution in [0.15, 0.2) is 0 Å². The van der Waals surface area contributed by atoms with Crippen LogP contribution in [0.25, 0.3) is 0 Å². The molecule has 0 aliphatic heterocycles. The fraction of sp³-hybridized carbons (Fsp3) is 0.857. The van der Waals surface area contributed by atoms with Gasteiger partial charge < -0.3 is 25.7 Å². The first kappa shape index (κ1) is 31.2.